The summed E-state index contributed by atoms with van der Waals surface area (Å²) in [5.74, 6) is 0.761. The first-order valence-electron chi connectivity index (χ1n) is 8.51. The molecule has 1 fully saturated rings. The van der Waals surface area contributed by atoms with Gasteiger partial charge in [0.25, 0.3) is 0 Å². The molecule has 0 unspecified atom stereocenters. The van der Waals surface area contributed by atoms with Gasteiger partial charge in [0, 0.05) is 32.1 Å². The number of rotatable bonds is 6. The molecule has 0 radical (unpaired) electrons. The minimum absolute atomic E-state index is 0. The zero-order valence-corrected chi connectivity index (χ0v) is 15.6. The fraction of sp³-hybridized carbons (Fsp3) is 0.400. The summed E-state index contributed by atoms with van der Waals surface area (Å²) in [5, 5.41) is 0. The summed E-state index contributed by atoms with van der Waals surface area (Å²) in [6.07, 6.45) is 1.09. The fourth-order valence-corrected chi connectivity index (χ4v) is 3.53. The van der Waals surface area contributed by atoms with Gasteiger partial charge in [-0.2, -0.15) is 0 Å². The SMILES string of the molecule is Cl.ClCCCN1CCN(C(c2ccccc2)c2ccccc2)CC1. The van der Waals surface area contributed by atoms with Crippen molar-refractivity contribution in [3.05, 3.63) is 71.8 Å². The van der Waals surface area contributed by atoms with Gasteiger partial charge in [-0.25, -0.2) is 0 Å². The number of nitrogens with zero attached hydrogens (tertiary/aromatic N) is 2. The minimum atomic E-state index is 0. The maximum atomic E-state index is 5.82. The molecule has 0 saturated carbocycles. The van der Waals surface area contributed by atoms with E-state index in [1.165, 1.54) is 11.1 Å². The Morgan fingerprint density at radius 3 is 1.75 bits per heavy atom. The van der Waals surface area contributed by atoms with Gasteiger partial charge in [-0.3, -0.25) is 4.90 Å². The van der Waals surface area contributed by atoms with Crippen LogP contribution in [0.2, 0.25) is 0 Å². The van der Waals surface area contributed by atoms with E-state index >= 15 is 0 Å². The molecule has 0 aromatic heterocycles. The Balaban J connectivity index is 0.00000208. The van der Waals surface area contributed by atoms with Gasteiger partial charge >= 0.3 is 0 Å². The predicted molar refractivity (Wildman–Crippen MR) is 105 cm³/mol. The van der Waals surface area contributed by atoms with Gasteiger partial charge in [-0.05, 0) is 24.1 Å². The minimum Gasteiger partial charge on any atom is -0.301 e. The molecule has 2 aromatic rings. The van der Waals surface area contributed by atoms with Crippen LogP contribution in [0.25, 0.3) is 0 Å². The number of alkyl halides is 1. The molecule has 0 atom stereocenters. The molecule has 2 aromatic carbocycles. The van der Waals surface area contributed by atoms with Gasteiger partial charge in [-0.1, -0.05) is 60.7 Å². The highest BCUT2D eigenvalue weighted by molar-refractivity contribution is 6.17. The van der Waals surface area contributed by atoms with Crippen molar-refractivity contribution in [1.29, 1.82) is 0 Å². The van der Waals surface area contributed by atoms with Gasteiger partial charge in [0.2, 0.25) is 0 Å². The summed E-state index contributed by atoms with van der Waals surface area (Å²) in [4.78, 5) is 5.15. The third-order valence-corrected chi connectivity index (χ3v) is 4.88. The number of benzene rings is 2. The van der Waals surface area contributed by atoms with Crippen LogP contribution in [-0.4, -0.2) is 48.4 Å². The predicted octanol–water partition coefficient (Wildman–Crippen LogP) is 4.44. The Morgan fingerprint density at radius 1 is 0.792 bits per heavy atom. The molecule has 4 heteroatoms. The summed E-state index contributed by atoms with van der Waals surface area (Å²) in [7, 11) is 0. The van der Waals surface area contributed by atoms with Crippen LogP contribution in [0, 0.1) is 0 Å². The third kappa shape index (κ3) is 4.97. The molecule has 24 heavy (non-hydrogen) atoms. The monoisotopic (exact) mass is 364 g/mol. The molecule has 130 valence electrons. The summed E-state index contributed by atoms with van der Waals surface area (Å²) in [6.45, 7) is 5.60. The lowest BCUT2D eigenvalue weighted by molar-refractivity contribution is 0.110. The van der Waals surface area contributed by atoms with Gasteiger partial charge in [0.1, 0.15) is 0 Å². The zero-order chi connectivity index (χ0) is 15.9. The van der Waals surface area contributed by atoms with E-state index in [-0.39, 0.29) is 12.4 Å². The van der Waals surface area contributed by atoms with E-state index in [1.807, 2.05) is 0 Å². The molecule has 3 rings (SSSR count). The van der Waals surface area contributed by atoms with Crippen molar-refractivity contribution in [1.82, 2.24) is 9.80 Å². The molecule has 0 aliphatic carbocycles. The summed E-state index contributed by atoms with van der Waals surface area (Å²) >= 11 is 5.82. The van der Waals surface area contributed by atoms with Gasteiger partial charge in [-0.15, -0.1) is 24.0 Å². The van der Waals surface area contributed by atoms with Crippen LogP contribution in [0.4, 0.5) is 0 Å². The topological polar surface area (TPSA) is 6.48 Å². The van der Waals surface area contributed by atoms with Crippen molar-refractivity contribution >= 4 is 24.0 Å². The third-order valence-electron chi connectivity index (χ3n) is 4.61. The second-order valence-corrected chi connectivity index (χ2v) is 6.52. The van der Waals surface area contributed by atoms with Crippen LogP contribution in [-0.2, 0) is 0 Å². The van der Waals surface area contributed by atoms with Crippen molar-refractivity contribution in [3.63, 3.8) is 0 Å². The average Bonchev–Trinajstić information content (AvgIpc) is 2.63. The Labute approximate surface area is 156 Å². The van der Waals surface area contributed by atoms with Crippen molar-refractivity contribution in [2.24, 2.45) is 0 Å². The molecule has 0 amide bonds. The maximum Gasteiger partial charge on any atom is 0.0602 e. The number of hydrogen-bond acceptors (Lipinski definition) is 2. The molecule has 1 aliphatic heterocycles. The van der Waals surface area contributed by atoms with Crippen LogP contribution >= 0.6 is 24.0 Å². The lowest BCUT2D eigenvalue weighted by Crippen LogP contribution is -2.48. The smallest absolute Gasteiger partial charge is 0.0602 e. The van der Waals surface area contributed by atoms with Crippen LogP contribution in [0.5, 0.6) is 0 Å². The Kier molecular flexibility index (Phi) is 8.07. The van der Waals surface area contributed by atoms with Gasteiger partial charge in [0.15, 0.2) is 0 Å². The molecule has 0 N–H and O–H groups in total. The Hall–Kier alpha value is -1.06. The lowest BCUT2D eigenvalue weighted by Gasteiger charge is -2.39. The van der Waals surface area contributed by atoms with E-state index in [1.54, 1.807) is 0 Å². The van der Waals surface area contributed by atoms with E-state index in [9.17, 15) is 0 Å². The van der Waals surface area contributed by atoms with Crippen molar-refractivity contribution in [3.8, 4) is 0 Å². The molecular weight excluding hydrogens is 339 g/mol. The van der Waals surface area contributed by atoms with Crippen LogP contribution in [0.15, 0.2) is 60.7 Å². The van der Waals surface area contributed by atoms with E-state index in [2.05, 4.69) is 70.5 Å². The molecular formula is C20H26Cl2N2. The van der Waals surface area contributed by atoms with Gasteiger partial charge < -0.3 is 4.90 Å². The number of hydrogen-bond donors (Lipinski definition) is 0. The van der Waals surface area contributed by atoms with Crippen LogP contribution in [0.1, 0.15) is 23.6 Å². The molecule has 1 saturated heterocycles. The highest BCUT2D eigenvalue weighted by Crippen LogP contribution is 2.29. The Morgan fingerprint density at radius 2 is 1.29 bits per heavy atom. The molecule has 0 spiro atoms. The summed E-state index contributed by atoms with van der Waals surface area (Å²) in [6, 6.07) is 22.1. The first-order valence-corrected chi connectivity index (χ1v) is 9.04. The summed E-state index contributed by atoms with van der Waals surface area (Å²) < 4.78 is 0. The normalized spacial score (nSPS) is 16.1. The molecule has 2 nitrogen and oxygen atoms in total. The quantitative estimate of drug-likeness (QED) is 0.698. The second-order valence-electron chi connectivity index (χ2n) is 6.14. The van der Waals surface area contributed by atoms with Crippen molar-refractivity contribution in [2.45, 2.75) is 12.5 Å². The molecule has 0 bridgehead atoms. The van der Waals surface area contributed by atoms with Gasteiger partial charge in [0.05, 0.1) is 6.04 Å². The highest BCUT2D eigenvalue weighted by atomic mass is 35.5. The largest absolute Gasteiger partial charge is 0.301 e. The average molecular weight is 365 g/mol. The van der Waals surface area contributed by atoms with E-state index in [0.717, 1.165) is 45.0 Å². The van der Waals surface area contributed by atoms with E-state index in [0.29, 0.717) is 6.04 Å². The van der Waals surface area contributed by atoms with Crippen molar-refractivity contribution < 1.29 is 0 Å². The van der Waals surface area contributed by atoms with E-state index < -0.39 is 0 Å². The lowest BCUT2D eigenvalue weighted by atomic mass is 9.96. The molecule has 1 heterocycles. The Bertz CT molecular complexity index is 529. The number of halogens is 2. The molecule has 1 aliphatic rings. The zero-order valence-electron chi connectivity index (χ0n) is 14.0. The summed E-state index contributed by atoms with van der Waals surface area (Å²) in [5.41, 5.74) is 2.76. The first kappa shape index (κ1) is 19.3. The van der Waals surface area contributed by atoms with Crippen LogP contribution < -0.4 is 0 Å². The maximum absolute atomic E-state index is 5.82. The van der Waals surface area contributed by atoms with E-state index in [4.69, 9.17) is 11.6 Å². The number of piperazine rings is 1. The van der Waals surface area contributed by atoms with Crippen molar-refractivity contribution in [2.75, 3.05) is 38.6 Å². The highest BCUT2D eigenvalue weighted by Gasteiger charge is 2.25. The van der Waals surface area contributed by atoms with Crippen LogP contribution in [0.3, 0.4) is 0 Å². The second kappa shape index (κ2) is 10.0. The standard InChI is InChI=1S/C20H25ClN2.ClH/c21-12-7-13-22-14-16-23(17-15-22)20(18-8-3-1-4-9-18)19-10-5-2-6-11-19;/h1-6,8-11,20H,7,12-17H2;1H. The first-order chi connectivity index (χ1) is 11.4. The fourth-order valence-electron chi connectivity index (χ4n) is 3.41.